The van der Waals surface area contributed by atoms with E-state index in [0.29, 0.717) is 39.8 Å². The average molecular weight is 557 g/mol. The van der Waals surface area contributed by atoms with E-state index in [1.165, 1.54) is 0 Å². The maximum Gasteiger partial charge on any atom is 0.296 e. The molecule has 0 unspecified atom stereocenters. The van der Waals surface area contributed by atoms with Crippen molar-refractivity contribution < 1.29 is 14.6 Å². The van der Waals surface area contributed by atoms with Crippen LogP contribution in [0.3, 0.4) is 0 Å². The van der Waals surface area contributed by atoms with Crippen LogP contribution < -0.4 is 4.74 Å². The van der Waals surface area contributed by atoms with E-state index in [2.05, 4.69) is 33.1 Å². The fraction of sp³-hybridized carbons (Fsp3) is 0.172. The van der Waals surface area contributed by atoms with Crippen LogP contribution in [-0.2, 0) is 6.54 Å². The highest BCUT2D eigenvalue weighted by Gasteiger charge is 2.19. The SMILES string of the molecule is CCCCn1c(O)c(N=NC(=O)c2cc(-c3ccc(Br)cc3)nc3ccccc23)c2cc(OC)ccc21. The third-order valence-corrected chi connectivity index (χ3v) is 6.81. The Kier molecular flexibility index (Phi) is 7.01. The van der Waals surface area contributed by atoms with E-state index in [9.17, 15) is 9.90 Å². The molecule has 8 heteroatoms. The molecule has 0 spiro atoms. The first kappa shape index (κ1) is 24.6. The second kappa shape index (κ2) is 10.5. The van der Waals surface area contributed by atoms with Gasteiger partial charge in [0.15, 0.2) is 5.69 Å². The van der Waals surface area contributed by atoms with Gasteiger partial charge in [0, 0.05) is 27.4 Å². The minimum absolute atomic E-state index is 0.0246. The number of pyridine rings is 1. The Balaban J connectivity index is 1.59. The van der Waals surface area contributed by atoms with Crippen molar-refractivity contribution in [2.45, 2.75) is 26.3 Å². The Morgan fingerprint density at radius 1 is 1.05 bits per heavy atom. The number of azo groups is 1. The summed E-state index contributed by atoms with van der Waals surface area (Å²) >= 11 is 3.45. The number of aromatic nitrogens is 2. The summed E-state index contributed by atoms with van der Waals surface area (Å²) in [5.74, 6) is 0.0827. The molecule has 1 amide bonds. The van der Waals surface area contributed by atoms with Crippen molar-refractivity contribution in [3.05, 3.63) is 82.8 Å². The van der Waals surface area contributed by atoms with E-state index in [1.54, 1.807) is 23.8 Å². The number of carbonyl (C=O) groups is 1. The number of ether oxygens (including phenoxy) is 1. The molecule has 0 saturated heterocycles. The van der Waals surface area contributed by atoms with Crippen molar-refractivity contribution in [3.63, 3.8) is 0 Å². The van der Waals surface area contributed by atoms with Crippen LogP contribution in [0.4, 0.5) is 5.69 Å². The molecule has 3 aromatic carbocycles. The molecular weight excluding hydrogens is 532 g/mol. The van der Waals surface area contributed by atoms with Gasteiger partial charge in [0.05, 0.1) is 29.4 Å². The van der Waals surface area contributed by atoms with Crippen molar-refractivity contribution in [1.82, 2.24) is 9.55 Å². The number of aromatic hydroxyl groups is 1. The van der Waals surface area contributed by atoms with Gasteiger partial charge in [0.2, 0.25) is 5.88 Å². The van der Waals surface area contributed by atoms with E-state index >= 15 is 0 Å². The number of para-hydroxylation sites is 1. The van der Waals surface area contributed by atoms with Crippen molar-refractivity contribution >= 4 is 49.3 Å². The highest BCUT2D eigenvalue weighted by Crippen LogP contribution is 2.41. The van der Waals surface area contributed by atoms with Gasteiger partial charge in [0.25, 0.3) is 5.91 Å². The molecule has 0 fully saturated rings. The Morgan fingerprint density at radius 2 is 1.84 bits per heavy atom. The van der Waals surface area contributed by atoms with Crippen LogP contribution in [0.1, 0.15) is 30.1 Å². The molecule has 0 atom stereocenters. The van der Waals surface area contributed by atoms with Gasteiger partial charge in [-0.05, 0) is 48.9 Å². The molecule has 5 rings (SSSR count). The summed E-state index contributed by atoms with van der Waals surface area (Å²) in [6.45, 7) is 2.72. The summed E-state index contributed by atoms with van der Waals surface area (Å²) in [5, 5.41) is 20.7. The maximum atomic E-state index is 13.4. The smallest absolute Gasteiger partial charge is 0.296 e. The molecule has 37 heavy (non-hydrogen) atoms. The number of halogens is 1. The number of carbonyl (C=O) groups excluding carboxylic acids is 1. The number of methoxy groups -OCH3 is 1. The molecule has 7 nitrogen and oxygen atoms in total. The molecule has 0 saturated carbocycles. The minimum atomic E-state index is -0.520. The quantitative estimate of drug-likeness (QED) is 0.205. The summed E-state index contributed by atoms with van der Waals surface area (Å²) < 4.78 is 8.12. The van der Waals surface area contributed by atoms with Crippen LogP contribution in [0.5, 0.6) is 11.6 Å². The number of fused-ring (bicyclic) bond motifs is 2. The van der Waals surface area contributed by atoms with Gasteiger partial charge in [-0.2, -0.15) is 0 Å². The number of amides is 1. The number of nitrogens with zero attached hydrogens (tertiary/aromatic N) is 4. The summed E-state index contributed by atoms with van der Waals surface area (Å²) in [7, 11) is 1.58. The predicted octanol–water partition coefficient (Wildman–Crippen LogP) is 8.06. The molecule has 5 aromatic rings. The first-order chi connectivity index (χ1) is 18.0. The fourth-order valence-corrected chi connectivity index (χ4v) is 4.61. The van der Waals surface area contributed by atoms with Gasteiger partial charge in [-0.25, -0.2) is 4.98 Å². The fourth-order valence-electron chi connectivity index (χ4n) is 4.34. The Hall–Kier alpha value is -4.04. The van der Waals surface area contributed by atoms with Crippen LogP contribution in [0.15, 0.2) is 87.5 Å². The third kappa shape index (κ3) is 4.84. The highest BCUT2D eigenvalue weighted by molar-refractivity contribution is 9.10. The van der Waals surface area contributed by atoms with Gasteiger partial charge in [-0.3, -0.25) is 4.79 Å². The molecular formula is C29H25BrN4O3. The molecule has 2 heterocycles. The summed E-state index contributed by atoms with van der Waals surface area (Å²) in [4.78, 5) is 18.2. The molecule has 0 aliphatic rings. The summed E-state index contributed by atoms with van der Waals surface area (Å²) in [6, 6.07) is 22.4. The lowest BCUT2D eigenvalue weighted by Gasteiger charge is -2.07. The van der Waals surface area contributed by atoms with E-state index in [0.717, 1.165) is 28.4 Å². The predicted molar refractivity (Wildman–Crippen MR) is 149 cm³/mol. The molecule has 186 valence electrons. The average Bonchev–Trinajstić information content (AvgIpc) is 3.19. The van der Waals surface area contributed by atoms with Gasteiger partial charge < -0.3 is 14.4 Å². The lowest BCUT2D eigenvalue weighted by molar-refractivity contribution is 0.0996. The first-order valence-corrected chi connectivity index (χ1v) is 12.8. The number of unbranched alkanes of at least 4 members (excludes halogenated alkanes) is 1. The number of hydrogen-bond donors (Lipinski definition) is 1. The molecule has 0 radical (unpaired) electrons. The van der Waals surface area contributed by atoms with Crippen LogP contribution >= 0.6 is 15.9 Å². The van der Waals surface area contributed by atoms with Crippen molar-refractivity contribution in [2.24, 2.45) is 10.2 Å². The van der Waals surface area contributed by atoms with Crippen LogP contribution in [0.25, 0.3) is 33.1 Å². The van der Waals surface area contributed by atoms with Crippen LogP contribution in [-0.4, -0.2) is 27.7 Å². The largest absolute Gasteiger partial charge is 0.497 e. The molecule has 1 N–H and O–H groups in total. The Morgan fingerprint density at radius 3 is 2.59 bits per heavy atom. The van der Waals surface area contributed by atoms with Crippen molar-refractivity contribution in [1.29, 1.82) is 0 Å². The number of aryl methyl sites for hydroxylation is 1. The van der Waals surface area contributed by atoms with Crippen LogP contribution in [0, 0.1) is 0 Å². The van der Waals surface area contributed by atoms with E-state index in [-0.39, 0.29) is 11.6 Å². The standard InChI is InChI=1S/C29H25BrN4O3/c1-3-4-15-34-26-14-13-20(37-2)16-23(26)27(29(34)36)32-33-28(35)22-17-25(18-9-11-19(30)12-10-18)31-24-8-6-5-7-21(22)24/h5-14,16-17,36H,3-4,15H2,1-2H3. The lowest BCUT2D eigenvalue weighted by Crippen LogP contribution is -1.99. The molecule has 0 aliphatic carbocycles. The van der Waals surface area contributed by atoms with E-state index in [1.807, 2.05) is 60.7 Å². The molecule has 0 aliphatic heterocycles. The Bertz CT molecular complexity index is 1640. The molecule has 0 bridgehead atoms. The maximum absolute atomic E-state index is 13.4. The zero-order valence-electron chi connectivity index (χ0n) is 20.5. The van der Waals surface area contributed by atoms with Gasteiger partial charge in [0.1, 0.15) is 5.75 Å². The van der Waals surface area contributed by atoms with Gasteiger partial charge in [-0.15, -0.1) is 10.2 Å². The number of benzene rings is 3. The topological polar surface area (TPSA) is 89.1 Å². The minimum Gasteiger partial charge on any atom is -0.497 e. The highest BCUT2D eigenvalue weighted by atomic mass is 79.9. The monoisotopic (exact) mass is 556 g/mol. The Labute approximate surface area is 222 Å². The summed E-state index contributed by atoms with van der Waals surface area (Å²) in [5.41, 5.74) is 3.66. The number of rotatable bonds is 7. The van der Waals surface area contributed by atoms with Crippen molar-refractivity contribution in [2.75, 3.05) is 7.11 Å². The third-order valence-electron chi connectivity index (χ3n) is 6.28. The normalized spacial score (nSPS) is 11.5. The second-order valence-corrected chi connectivity index (χ2v) is 9.56. The van der Waals surface area contributed by atoms with Gasteiger partial charge >= 0.3 is 0 Å². The zero-order valence-corrected chi connectivity index (χ0v) is 22.1. The second-order valence-electron chi connectivity index (χ2n) is 8.64. The summed E-state index contributed by atoms with van der Waals surface area (Å²) in [6.07, 6.45) is 1.86. The van der Waals surface area contributed by atoms with Gasteiger partial charge in [-0.1, -0.05) is 59.6 Å². The number of hydrogen-bond acceptors (Lipinski definition) is 5. The first-order valence-electron chi connectivity index (χ1n) is 12.0. The van der Waals surface area contributed by atoms with E-state index in [4.69, 9.17) is 9.72 Å². The van der Waals surface area contributed by atoms with E-state index < -0.39 is 5.91 Å². The molecule has 2 aromatic heterocycles. The van der Waals surface area contributed by atoms with Crippen LogP contribution in [0.2, 0.25) is 0 Å². The zero-order chi connectivity index (χ0) is 25.9. The lowest BCUT2D eigenvalue weighted by atomic mass is 10.0. The van der Waals surface area contributed by atoms with Crippen molar-refractivity contribution in [3.8, 4) is 22.9 Å².